The van der Waals surface area contributed by atoms with E-state index in [0.717, 1.165) is 14.9 Å². The van der Waals surface area contributed by atoms with Crippen LogP contribution in [0.1, 0.15) is 11.1 Å². The fourth-order valence-electron chi connectivity index (χ4n) is 2.55. The van der Waals surface area contributed by atoms with Crippen LogP contribution < -0.4 is 10.1 Å². The molecule has 1 amide bonds. The van der Waals surface area contributed by atoms with Gasteiger partial charge in [-0.1, -0.05) is 59.6 Å². The molecule has 3 aromatic rings. The zero-order chi connectivity index (χ0) is 21.5. The number of hydrogen-bond acceptors (Lipinski definition) is 3. The first kappa shape index (κ1) is 22.2. The standard InChI is InChI=1S/C23H15Cl2IN2O2/c24-19-8-7-18(12-20(19)25)28-23(29)17(13-27)10-16-6-9-22(21(26)11-16)30-14-15-4-2-1-3-5-15/h1-12H,14H2,(H,28,29)/b17-10+. The first-order valence-corrected chi connectivity index (χ1v) is 10.6. The second-order valence-electron chi connectivity index (χ2n) is 6.22. The molecule has 150 valence electrons. The minimum absolute atomic E-state index is 0.0326. The first-order valence-electron chi connectivity index (χ1n) is 8.81. The molecule has 30 heavy (non-hydrogen) atoms. The van der Waals surface area contributed by atoms with E-state index in [1.807, 2.05) is 48.5 Å². The summed E-state index contributed by atoms with van der Waals surface area (Å²) in [7, 11) is 0. The summed E-state index contributed by atoms with van der Waals surface area (Å²) in [6, 6.07) is 22.0. The molecule has 0 spiro atoms. The number of nitrogens with zero attached hydrogens (tertiary/aromatic N) is 1. The number of halogens is 3. The lowest BCUT2D eigenvalue weighted by atomic mass is 10.1. The Morgan fingerprint density at radius 1 is 1.07 bits per heavy atom. The smallest absolute Gasteiger partial charge is 0.266 e. The molecule has 0 aliphatic carbocycles. The largest absolute Gasteiger partial charge is 0.488 e. The summed E-state index contributed by atoms with van der Waals surface area (Å²) in [5.41, 5.74) is 2.21. The zero-order valence-electron chi connectivity index (χ0n) is 15.5. The summed E-state index contributed by atoms with van der Waals surface area (Å²) in [4.78, 5) is 12.5. The minimum atomic E-state index is -0.532. The lowest BCUT2D eigenvalue weighted by Gasteiger charge is -2.09. The lowest BCUT2D eigenvalue weighted by molar-refractivity contribution is -0.112. The highest BCUT2D eigenvalue weighted by atomic mass is 127. The van der Waals surface area contributed by atoms with Gasteiger partial charge in [-0.15, -0.1) is 0 Å². The molecule has 0 fully saturated rings. The molecule has 0 bridgehead atoms. The zero-order valence-corrected chi connectivity index (χ0v) is 19.2. The molecule has 0 saturated heterocycles. The molecule has 7 heteroatoms. The summed E-state index contributed by atoms with van der Waals surface area (Å²) < 4.78 is 6.74. The average Bonchev–Trinajstić information content (AvgIpc) is 2.74. The molecule has 0 aliphatic heterocycles. The molecule has 3 aromatic carbocycles. The fourth-order valence-corrected chi connectivity index (χ4v) is 3.54. The van der Waals surface area contributed by atoms with Crippen LogP contribution in [0.3, 0.4) is 0 Å². The third-order valence-electron chi connectivity index (χ3n) is 4.05. The Balaban J connectivity index is 1.71. The predicted octanol–water partition coefficient (Wildman–Crippen LogP) is 6.72. The van der Waals surface area contributed by atoms with Crippen LogP contribution >= 0.6 is 45.8 Å². The number of nitriles is 1. The Labute approximate surface area is 198 Å². The van der Waals surface area contributed by atoms with Gasteiger partial charge in [-0.3, -0.25) is 4.79 Å². The molecule has 0 radical (unpaired) electrons. The van der Waals surface area contributed by atoms with E-state index in [4.69, 9.17) is 27.9 Å². The minimum Gasteiger partial charge on any atom is -0.488 e. The molecule has 0 aromatic heterocycles. The highest BCUT2D eigenvalue weighted by molar-refractivity contribution is 14.1. The van der Waals surface area contributed by atoms with Gasteiger partial charge in [0, 0.05) is 5.69 Å². The van der Waals surface area contributed by atoms with Crippen molar-refractivity contribution in [2.75, 3.05) is 5.32 Å². The molecular formula is C23H15Cl2IN2O2. The van der Waals surface area contributed by atoms with Crippen molar-refractivity contribution in [1.82, 2.24) is 0 Å². The summed E-state index contributed by atoms with van der Waals surface area (Å²) in [6.45, 7) is 0.460. The van der Waals surface area contributed by atoms with Crippen LogP contribution in [0.15, 0.2) is 72.3 Å². The second kappa shape index (κ2) is 10.5. The second-order valence-corrected chi connectivity index (χ2v) is 8.19. The van der Waals surface area contributed by atoms with Crippen molar-refractivity contribution in [3.05, 3.63) is 97.0 Å². The van der Waals surface area contributed by atoms with E-state index in [2.05, 4.69) is 27.9 Å². The lowest BCUT2D eigenvalue weighted by Crippen LogP contribution is -2.13. The fraction of sp³-hybridized carbons (Fsp3) is 0.0435. The van der Waals surface area contributed by atoms with Crippen molar-refractivity contribution in [2.45, 2.75) is 6.61 Å². The SMILES string of the molecule is N#C/C(=C\c1ccc(OCc2ccccc2)c(I)c1)C(=O)Nc1ccc(Cl)c(Cl)c1. The Morgan fingerprint density at radius 3 is 2.50 bits per heavy atom. The quantitative estimate of drug-likeness (QED) is 0.211. The number of amides is 1. The van der Waals surface area contributed by atoms with Crippen molar-refractivity contribution in [3.8, 4) is 11.8 Å². The molecule has 0 heterocycles. The molecule has 0 atom stereocenters. The molecule has 4 nitrogen and oxygen atoms in total. The van der Waals surface area contributed by atoms with Crippen LogP contribution in [-0.4, -0.2) is 5.91 Å². The molecular weight excluding hydrogens is 534 g/mol. The van der Waals surface area contributed by atoms with Gasteiger partial charge in [0.1, 0.15) is 24.0 Å². The summed E-state index contributed by atoms with van der Waals surface area (Å²) >= 11 is 14.0. The summed E-state index contributed by atoms with van der Waals surface area (Å²) in [5, 5.41) is 12.8. The molecule has 1 N–H and O–H groups in total. The first-order chi connectivity index (χ1) is 14.5. The van der Waals surface area contributed by atoms with Crippen molar-refractivity contribution >= 4 is 63.5 Å². The number of carbonyl (C=O) groups is 1. The van der Waals surface area contributed by atoms with Gasteiger partial charge in [-0.2, -0.15) is 5.26 Å². The van der Waals surface area contributed by atoms with E-state index in [1.54, 1.807) is 18.2 Å². The summed E-state index contributed by atoms with van der Waals surface area (Å²) in [5.74, 6) is 0.200. The number of hydrogen-bond donors (Lipinski definition) is 1. The van der Waals surface area contributed by atoms with Gasteiger partial charge in [-0.05, 0) is 70.1 Å². The maximum Gasteiger partial charge on any atom is 0.266 e. The van der Waals surface area contributed by atoms with E-state index in [1.165, 1.54) is 12.1 Å². The highest BCUT2D eigenvalue weighted by Gasteiger charge is 2.11. The van der Waals surface area contributed by atoms with Gasteiger partial charge in [0.15, 0.2) is 0 Å². The number of ether oxygens (including phenoxy) is 1. The van der Waals surface area contributed by atoms with Crippen LogP contribution in [0.25, 0.3) is 6.08 Å². The monoisotopic (exact) mass is 548 g/mol. The number of benzene rings is 3. The van der Waals surface area contributed by atoms with E-state index < -0.39 is 5.91 Å². The maximum absolute atomic E-state index is 12.5. The topological polar surface area (TPSA) is 62.1 Å². The van der Waals surface area contributed by atoms with Gasteiger partial charge in [0.25, 0.3) is 5.91 Å². The van der Waals surface area contributed by atoms with Gasteiger partial charge in [0.2, 0.25) is 0 Å². The van der Waals surface area contributed by atoms with Crippen LogP contribution in [0.5, 0.6) is 5.75 Å². The maximum atomic E-state index is 12.5. The average molecular weight is 549 g/mol. The van der Waals surface area contributed by atoms with Gasteiger partial charge in [0.05, 0.1) is 13.6 Å². The summed E-state index contributed by atoms with van der Waals surface area (Å²) in [6.07, 6.45) is 1.52. The van der Waals surface area contributed by atoms with Crippen molar-refractivity contribution < 1.29 is 9.53 Å². The van der Waals surface area contributed by atoms with E-state index in [9.17, 15) is 10.1 Å². The van der Waals surface area contributed by atoms with E-state index in [0.29, 0.717) is 27.9 Å². The molecule has 3 rings (SSSR count). The molecule has 0 aliphatic rings. The third kappa shape index (κ3) is 5.99. The van der Waals surface area contributed by atoms with E-state index >= 15 is 0 Å². The Morgan fingerprint density at radius 2 is 1.83 bits per heavy atom. The number of anilines is 1. The van der Waals surface area contributed by atoms with Crippen LogP contribution in [-0.2, 0) is 11.4 Å². The van der Waals surface area contributed by atoms with Crippen LogP contribution in [0, 0.1) is 14.9 Å². The molecule has 0 saturated carbocycles. The van der Waals surface area contributed by atoms with Gasteiger partial charge < -0.3 is 10.1 Å². The number of nitrogens with one attached hydrogen (secondary N) is 1. The normalized spacial score (nSPS) is 10.9. The van der Waals surface area contributed by atoms with Crippen molar-refractivity contribution in [3.63, 3.8) is 0 Å². The van der Waals surface area contributed by atoms with Crippen molar-refractivity contribution in [1.29, 1.82) is 5.26 Å². The van der Waals surface area contributed by atoms with Crippen molar-refractivity contribution in [2.24, 2.45) is 0 Å². The van der Waals surface area contributed by atoms with Crippen LogP contribution in [0.2, 0.25) is 10.0 Å². The third-order valence-corrected chi connectivity index (χ3v) is 5.63. The van der Waals surface area contributed by atoms with Crippen LogP contribution in [0.4, 0.5) is 5.69 Å². The number of rotatable bonds is 6. The highest BCUT2D eigenvalue weighted by Crippen LogP contribution is 2.26. The Hall–Kier alpha value is -2.53. The molecule has 0 unspecified atom stereocenters. The Bertz CT molecular complexity index is 1140. The van der Waals surface area contributed by atoms with Gasteiger partial charge in [-0.25, -0.2) is 0 Å². The number of carbonyl (C=O) groups excluding carboxylic acids is 1. The Kier molecular flexibility index (Phi) is 7.75. The predicted molar refractivity (Wildman–Crippen MR) is 129 cm³/mol. The van der Waals surface area contributed by atoms with E-state index in [-0.39, 0.29) is 5.57 Å². The van der Waals surface area contributed by atoms with Gasteiger partial charge >= 0.3 is 0 Å².